The Morgan fingerprint density at radius 1 is 1.31 bits per heavy atom. The summed E-state index contributed by atoms with van der Waals surface area (Å²) < 4.78 is 0. The SMILES string of the molecule is CC(CCN(C)C)NC(C)c1cnccn1. The molecule has 0 aliphatic rings. The number of hydrogen-bond acceptors (Lipinski definition) is 4. The van der Waals surface area contributed by atoms with Crippen LogP contribution >= 0.6 is 0 Å². The van der Waals surface area contributed by atoms with E-state index in [1.807, 2.05) is 6.20 Å². The summed E-state index contributed by atoms with van der Waals surface area (Å²) in [5.41, 5.74) is 0.999. The standard InChI is InChI=1S/C12H22N4/c1-10(5-8-16(3)4)15-11(2)12-9-13-6-7-14-12/h6-7,9-11,15H,5,8H2,1-4H3. The van der Waals surface area contributed by atoms with E-state index in [-0.39, 0.29) is 6.04 Å². The van der Waals surface area contributed by atoms with Gasteiger partial charge in [-0.05, 0) is 40.9 Å². The highest BCUT2D eigenvalue weighted by Gasteiger charge is 2.10. The first-order chi connectivity index (χ1) is 7.59. The van der Waals surface area contributed by atoms with Crippen LogP contribution in [0.3, 0.4) is 0 Å². The Balaban J connectivity index is 2.36. The fourth-order valence-corrected chi connectivity index (χ4v) is 1.58. The molecule has 4 heteroatoms. The molecule has 0 bridgehead atoms. The molecule has 0 aliphatic carbocycles. The van der Waals surface area contributed by atoms with Crippen LogP contribution in [0.5, 0.6) is 0 Å². The summed E-state index contributed by atoms with van der Waals surface area (Å²) in [6, 6.07) is 0.741. The highest BCUT2D eigenvalue weighted by molar-refractivity contribution is 5.00. The number of nitrogens with zero attached hydrogens (tertiary/aromatic N) is 3. The van der Waals surface area contributed by atoms with Gasteiger partial charge >= 0.3 is 0 Å². The van der Waals surface area contributed by atoms with E-state index >= 15 is 0 Å². The van der Waals surface area contributed by atoms with Gasteiger partial charge in [0.2, 0.25) is 0 Å². The largest absolute Gasteiger partial charge is 0.309 e. The third kappa shape index (κ3) is 4.68. The Bertz CT molecular complexity index is 286. The van der Waals surface area contributed by atoms with Crippen molar-refractivity contribution in [2.24, 2.45) is 0 Å². The van der Waals surface area contributed by atoms with Crippen molar-refractivity contribution in [1.29, 1.82) is 0 Å². The van der Waals surface area contributed by atoms with Crippen LogP contribution in [0.15, 0.2) is 18.6 Å². The van der Waals surface area contributed by atoms with E-state index < -0.39 is 0 Å². The van der Waals surface area contributed by atoms with Crippen LogP contribution in [-0.2, 0) is 0 Å². The first kappa shape index (κ1) is 13.1. The summed E-state index contributed by atoms with van der Waals surface area (Å²) in [6.45, 7) is 5.42. The lowest BCUT2D eigenvalue weighted by Gasteiger charge is -2.20. The molecule has 16 heavy (non-hydrogen) atoms. The van der Waals surface area contributed by atoms with Crippen molar-refractivity contribution in [3.63, 3.8) is 0 Å². The molecule has 0 aliphatic heterocycles. The third-order valence-corrected chi connectivity index (χ3v) is 2.57. The molecule has 1 aromatic rings. The van der Waals surface area contributed by atoms with Gasteiger partial charge in [-0.15, -0.1) is 0 Å². The van der Waals surface area contributed by atoms with Crippen LogP contribution in [-0.4, -0.2) is 41.5 Å². The molecule has 0 spiro atoms. The number of rotatable bonds is 6. The molecule has 0 fully saturated rings. The highest BCUT2D eigenvalue weighted by Crippen LogP contribution is 2.08. The zero-order chi connectivity index (χ0) is 12.0. The molecule has 2 unspecified atom stereocenters. The van der Waals surface area contributed by atoms with Gasteiger partial charge in [0.05, 0.1) is 5.69 Å². The van der Waals surface area contributed by atoms with Crippen molar-refractivity contribution >= 4 is 0 Å². The van der Waals surface area contributed by atoms with Crippen molar-refractivity contribution in [2.45, 2.75) is 32.4 Å². The molecular weight excluding hydrogens is 200 g/mol. The molecule has 1 rings (SSSR count). The lowest BCUT2D eigenvalue weighted by atomic mass is 10.1. The van der Waals surface area contributed by atoms with Crippen LogP contribution < -0.4 is 5.32 Å². The van der Waals surface area contributed by atoms with Crippen molar-refractivity contribution < 1.29 is 0 Å². The average molecular weight is 222 g/mol. The Kier molecular flexibility index (Phi) is 5.35. The van der Waals surface area contributed by atoms with Gasteiger partial charge in [-0.1, -0.05) is 0 Å². The second-order valence-corrected chi connectivity index (χ2v) is 4.51. The van der Waals surface area contributed by atoms with E-state index in [1.54, 1.807) is 12.4 Å². The van der Waals surface area contributed by atoms with Gasteiger partial charge in [0.15, 0.2) is 0 Å². The quantitative estimate of drug-likeness (QED) is 0.791. The first-order valence-corrected chi connectivity index (χ1v) is 5.76. The molecular formula is C12H22N4. The Labute approximate surface area is 98.1 Å². The molecule has 2 atom stereocenters. The fraction of sp³-hybridized carbons (Fsp3) is 0.667. The maximum absolute atomic E-state index is 4.29. The minimum Gasteiger partial charge on any atom is -0.309 e. The van der Waals surface area contributed by atoms with Crippen molar-refractivity contribution in [2.75, 3.05) is 20.6 Å². The molecule has 90 valence electrons. The van der Waals surface area contributed by atoms with Crippen molar-refractivity contribution in [3.05, 3.63) is 24.3 Å². The van der Waals surface area contributed by atoms with Crippen LogP contribution in [0.2, 0.25) is 0 Å². The zero-order valence-corrected chi connectivity index (χ0v) is 10.6. The van der Waals surface area contributed by atoms with Crippen molar-refractivity contribution in [1.82, 2.24) is 20.2 Å². The Morgan fingerprint density at radius 2 is 2.06 bits per heavy atom. The predicted molar refractivity (Wildman–Crippen MR) is 66.2 cm³/mol. The van der Waals surface area contributed by atoms with Gasteiger partial charge in [0.1, 0.15) is 0 Å². The van der Waals surface area contributed by atoms with E-state index in [1.165, 1.54) is 0 Å². The topological polar surface area (TPSA) is 41.0 Å². The molecule has 0 amide bonds. The predicted octanol–water partition coefficient (Wildman–Crippen LogP) is 1.47. The molecule has 1 N–H and O–H groups in total. The summed E-state index contributed by atoms with van der Waals surface area (Å²) in [5.74, 6) is 0. The highest BCUT2D eigenvalue weighted by atomic mass is 15.1. The fourth-order valence-electron chi connectivity index (χ4n) is 1.58. The molecule has 4 nitrogen and oxygen atoms in total. The van der Waals surface area contributed by atoms with Crippen molar-refractivity contribution in [3.8, 4) is 0 Å². The molecule has 0 radical (unpaired) electrons. The van der Waals surface area contributed by atoms with Crippen LogP contribution in [0.1, 0.15) is 32.0 Å². The van der Waals surface area contributed by atoms with E-state index in [4.69, 9.17) is 0 Å². The smallest absolute Gasteiger partial charge is 0.0753 e. The zero-order valence-electron chi connectivity index (χ0n) is 10.6. The van der Waals surface area contributed by atoms with E-state index in [9.17, 15) is 0 Å². The molecule has 0 saturated heterocycles. The van der Waals surface area contributed by atoms with Gasteiger partial charge in [0, 0.05) is 30.7 Å². The summed E-state index contributed by atoms with van der Waals surface area (Å²) >= 11 is 0. The molecule has 0 saturated carbocycles. The third-order valence-electron chi connectivity index (χ3n) is 2.57. The van der Waals surface area contributed by atoms with E-state index in [0.717, 1.165) is 18.7 Å². The van der Waals surface area contributed by atoms with Crippen LogP contribution in [0.25, 0.3) is 0 Å². The number of aromatic nitrogens is 2. The normalized spacial score (nSPS) is 15.1. The van der Waals surface area contributed by atoms with Gasteiger partial charge in [-0.2, -0.15) is 0 Å². The summed E-state index contributed by atoms with van der Waals surface area (Å²) in [5, 5.41) is 3.52. The minimum absolute atomic E-state index is 0.255. The van der Waals surface area contributed by atoms with Gasteiger partial charge in [-0.25, -0.2) is 0 Å². The summed E-state index contributed by atoms with van der Waals surface area (Å²) in [7, 11) is 4.19. The second kappa shape index (κ2) is 6.55. The first-order valence-electron chi connectivity index (χ1n) is 5.76. The molecule has 1 heterocycles. The lowest BCUT2D eigenvalue weighted by molar-refractivity contribution is 0.353. The van der Waals surface area contributed by atoms with Crippen LogP contribution in [0.4, 0.5) is 0 Å². The maximum Gasteiger partial charge on any atom is 0.0753 e. The Hall–Kier alpha value is -1.00. The van der Waals surface area contributed by atoms with E-state index in [2.05, 4.69) is 48.1 Å². The molecule has 1 aromatic heterocycles. The average Bonchev–Trinajstić information content (AvgIpc) is 2.27. The van der Waals surface area contributed by atoms with Gasteiger partial charge in [-0.3, -0.25) is 9.97 Å². The monoisotopic (exact) mass is 222 g/mol. The minimum atomic E-state index is 0.255. The number of nitrogens with one attached hydrogen (secondary N) is 1. The van der Waals surface area contributed by atoms with Gasteiger partial charge < -0.3 is 10.2 Å². The lowest BCUT2D eigenvalue weighted by Crippen LogP contribution is -2.32. The van der Waals surface area contributed by atoms with Crippen LogP contribution in [0, 0.1) is 0 Å². The van der Waals surface area contributed by atoms with Gasteiger partial charge in [0.25, 0.3) is 0 Å². The summed E-state index contributed by atoms with van der Waals surface area (Å²) in [4.78, 5) is 10.6. The Morgan fingerprint density at radius 3 is 2.62 bits per heavy atom. The maximum atomic E-state index is 4.29. The second-order valence-electron chi connectivity index (χ2n) is 4.51. The molecule has 0 aromatic carbocycles. The number of hydrogen-bond donors (Lipinski definition) is 1. The summed E-state index contributed by atoms with van der Waals surface area (Å²) in [6.07, 6.45) is 6.39. The van der Waals surface area contributed by atoms with E-state index in [0.29, 0.717) is 6.04 Å².